The van der Waals surface area contributed by atoms with Crippen molar-refractivity contribution in [3.63, 3.8) is 0 Å². The van der Waals surface area contributed by atoms with E-state index < -0.39 is 11.9 Å². The highest BCUT2D eigenvalue weighted by Crippen LogP contribution is 2.31. The molecule has 1 atom stereocenters. The van der Waals surface area contributed by atoms with Crippen LogP contribution >= 0.6 is 23.2 Å². The van der Waals surface area contributed by atoms with Crippen LogP contribution in [0.15, 0.2) is 46.9 Å². The first-order valence-electron chi connectivity index (χ1n) is 5.95. The van der Waals surface area contributed by atoms with Gasteiger partial charge in [0.15, 0.2) is 0 Å². The van der Waals surface area contributed by atoms with E-state index in [1.54, 1.807) is 36.4 Å². The Morgan fingerprint density at radius 1 is 1.10 bits per heavy atom. The van der Waals surface area contributed by atoms with Crippen LogP contribution in [0, 0.1) is 5.82 Å². The van der Waals surface area contributed by atoms with Crippen molar-refractivity contribution in [2.24, 2.45) is 5.73 Å². The highest BCUT2D eigenvalue weighted by Gasteiger charge is 2.19. The van der Waals surface area contributed by atoms with Gasteiger partial charge < -0.3 is 10.2 Å². The molecule has 1 aromatic heterocycles. The van der Waals surface area contributed by atoms with E-state index in [2.05, 4.69) is 0 Å². The number of furan rings is 1. The first kappa shape index (κ1) is 13.4. The fourth-order valence-electron chi connectivity index (χ4n) is 2.10. The predicted octanol–water partition coefficient (Wildman–Crippen LogP) is 4.93. The molecule has 5 heteroatoms. The fraction of sp³-hybridized carbons (Fsp3) is 0.0667. The summed E-state index contributed by atoms with van der Waals surface area (Å²) in [5, 5.41) is 1.47. The maximum Gasteiger partial charge on any atom is 0.147 e. The van der Waals surface area contributed by atoms with Gasteiger partial charge >= 0.3 is 0 Å². The number of benzene rings is 2. The van der Waals surface area contributed by atoms with Crippen molar-refractivity contribution in [3.05, 3.63) is 69.7 Å². The standard InChI is InChI=1S/C15H10Cl2FNO/c16-9-4-5-12-8(6-9)7-13(20-12)15(19)10-2-1-3-11(17)14(10)18/h1-7,15H,19H2. The van der Waals surface area contributed by atoms with Gasteiger partial charge in [-0.05, 0) is 30.3 Å². The molecule has 0 radical (unpaired) electrons. The normalized spacial score (nSPS) is 12.8. The molecule has 0 saturated heterocycles. The minimum absolute atomic E-state index is 0.0390. The third-order valence-corrected chi connectivity index (χ3v) is 3.65. The van der Waals surface area contributed by atoms with Crippen LogP contribution in [-0.4, -0.2) is 0 Å². The quantitative estimate of drug-likeness (QED) is 0.729. The molecule has 0 fully saturated rings. The monoisotopic (exact) mass is 309 g/mol. The summed E-state index contributed by atoms with van der Waals surface area (Å²) in [5.74, 6) is -0.0661. The van der Waals surface area contributed by atoms with Gasteiger partial charge in [0.05, 0.1) is 11.1 Å². The zero-order valence-electron chi connectivity index (χ0n) is 10.2. The summed E-state index contributed by atoms with van der Waals surface area (Å²) in [7, 11) is 0. The molecule has 0 spiro atoms. The second-order valence-corrected chi connectivity index (χ2v) is 5.30. The lowest BCUT2D eigenvalue weighted by Crippen LogP contribution is -2.12. The second-order valence-electron chi connectivity index (χ2n) is 4.45. The molecule has 2 aromatic carbocycles. The maximum absolute atomic E-state index is 14.0. The molecular weight excluding hydrogens is 300 g/mol. The van der Waals surface area contributed by atoms with Crippen molar-refractivity contribution >= 4 is 34.2 Å². The lowest BCUT2D eigenvalue weighted by molar-refractivity contribution is 0.510. The van der Waals surface area contributed by atoms with Gasteiger partial charge in [-0.25, -0.2) is 4.39 Å². The van der Waals surface area contributed by atoms with Crippen LogP contribution in [0.2, 0.25) is 10.0 Å². The Morgan fingerprint density at radius 2 is 1.90 bits per heavy atom. The second kappa shape index (κ2) is 5.09. The molecule has 1 unspecified atom stereocenters. The molecule has 1 heterocycles. The zero-order valence-corrected chi connectivity index (χ0v) is 11.8. The van der Waals surface area contributed by atoms with E-state index in [0.29, 0.717) is 21.9 Å². The van der Waals surface area contributed by atoms with Gasteiger partial charge in [-0.15, -0.1) is 0 Å². The summed E-state index contributed by atoms with van der Waals surface area (Å²) in [6, 6.07) is 11.0. The SMILES string of the molecule is NC(c1cc2cc(Cl)ccc2o1)c1cccc(Cl)c1F. The number of hydrogen-bond donors (Lipinski definition) is 1. The van der Waals surface area contributed by atoms with Gasteiger partial charge in [-0.3, -0.25) is 0 Å². The summed E-state index contributed by atoms with van der Waals surface area (Å²) in [4.78, 5) is 0. The van der Waals surface area contributed by atoms with Crippen molar-refractivity contribution in [1.29, 1.82) is 0 Å². The Balaban J connectivity index is 2.08. The average molecular weight is 310 g/mol. The van der Waals surface area contributed by atoms with E-state index in [-0.39, 0.29) is 5.02 Å². The van der Waals surface area contributed by atoms with E-state index in [0.717, 1.165) is 5.39 Å². The molecule has 20 heavy (non-hydrogen) atoms. The summed E-state index contributed by atoms with van der Waals surface area (Å²) >= 11 is 11.7. The van der Waals surface area contributed by atoms with Crippen LogP contribution < -0.4 is 5.73 Å². The minimum atomic E-state index is -0.722. The molecule has 0 bridgehead atoms. The minimum Gasteiger partial charge on any atom is -0.459 e. The predicted molar refractivity (Wildman–Crippen MR) is 78.7 cm³/mol. The van der Waals surface area contributed by atoms with Gasteiger partial charge in [0.1, 0.15) is 17.2 Å². The van der Waals surface area contributed by atoms with Crippen LogP contribution in [0.4, 0.5) is 4.39 Å². The molecule has 102 valence electrons. The third-order valence-electron chi connectivity index (χ3n) is 3.12. The number of hydrogen-bond acceptors (Lipinski definition) is 2. The Kier molecular flexibility index (Phi) is 3.42. The molecule has 3 aromatic rings. The Bertz CT molecular complexity index is 785. The number of halogens is 3. The number of rotatable bonds is 2. The molecule has 0 aliphatic heterocycles. The number of nitrogens with two attached hydrogens (primary N) is 1. The van der Waals surface area contributed by atoms with Crippen LogP contribution in [-0.2, 0) is 0 Å². The third kappa shape index (κ3) is 2.29. The molecule has 0 aliphatic rings. The van der Waals surface area contributed by atoms with Crippen molar-refractivity contribution in [1.82, 2.24) is 0 Å². The molecule has 2 nitrogen and oxygen atoms in total. The number of fused-ring (bicyclic) bond motifs is 1. The van der Waals surface area contributed by atoms with Crippen LogP contribution in [0.5, 0.6) is 0 Å². The van der Waals surface area contributed by atoms with Gasteiger partial charge in [-0.1, -0.05) is 35.3 Å². The topological polar surface area (TPSA) is 39.2 Å². The molecule has 3 rings (SSSR count). The van der Waals surface area contributed by atoms with Crippen LogP contribution in [0.3, 0.4) is 0 Å². The molecular formula is C15H10Cl2FNO. The molecule has 0 saturated carbocycles. The van der Waals surface area contributed by atoms with Gasteiger partial charge in [0, 0.05) is 16.0 Å². The van der Waals surface area contributed by atoms with Crippen molar-refractivity contribution in [3.8, 4) is 0 Å². The van der Waals surface area contributed by atoms with E-state index in [1.165, 1.54) is 6.07 Å². The molecule has 0 aliphatic carbocycles. The van der Waals surface area contributed by atoms with Crippen molar-refractivity contribution in [2.75, 3.05) is 0 Å². The first-order valence-corrected chi connectivity index (χ1v) is 6.70. The van der Waals surface area contributed by atoms with Gasteiger partial charge in [0.2, 0.25) is 0 Å². The van der Waals surface area contributed by atoms with E-state index >= 15 is 0 Å². The molecule has 0 amide bonds. The zero-order chi connectivity index (χ0) is 14.3. The Morgan fingerprint density at radius 3 is 2.70 bits per heavy atom. The van der Waals surface area contributed by atoms with Gasteiger partial charge in [0.25, 0.3) is 0 Å². The van der Waals surface area contributed by atoms with Crippen LogP contribution in [0.25, 0.3) is 11.0 Å². The summed E-state index contributed by atoms with van der Waals surface area (Å²) in [6.45, 7) is 0. The lowest BCUT2D eigenvalue weighted by atomic mass is 10.0. The van der Waals surface area contributed by atoms with E-state index in [4.69, 9.17) is 33.4 Å². The summed E-state index contributed by atoms with van der Waals surface area (Å²) in [6.07, 6.45) is 0. The summed E-state index contributed by atoms with van der Waals surface area (Å²) in [5.41, 5.74) is 7.01. The Labute approximate surface area is 124 Å². The van der Waals surface area contributed by atoms with E-state index in [1.807, 2.05) is 0 Å². The Hall–Kier alpha value is -1.55. The summed E-state index contributed by atoms with van der Waals surface area (Å²) < 4.78 is 19.6. The maximum atomic E-state index is 14.0. The van der Waals surface area contributed by atoms with Crippen LogP contribution in [0.1, 0.15) is 17.4 Å². The highest BCUT2D eigenvalue weighted by atomic mass is 35.5. The fourth-order valence-corrected chi connectivity index (χ4v) is 2.46. The van der Waals surface area contributed by atoms with Gasteiger partial charge in [-0.2, -0.15) is 0 Å². The average Bonchev–Trinajstić information content (AvgIpc) is 2.84. The van der Waals surface area contributed by atoms with Crippen molar-refractivity contribution < 1.29 is 8.81 Å². The lowest BCUT2D eigenvalue weighted by Gasteiger charge is -2.10. The smallest absolute Gasteiger partial charge is 0.147 e. The van der Waals surface area contributed by atoms with Crippen molar-refractivity contribution in [2.45, 2.75) is 6.04 Å². The molecule has 2 N–H and O–H groups in total. The van der Waals surface area contributed by atoms with E-state index in [9.17, 15) is 4.39 Å². The highest BCUT2D eigenvalue weighted by molar-refractivity contribution is 6.31. The first-order chi connectivity index (χ1) is 9.56. The largest absolute Gasteiger partial charge is 0.459 e.